The predicted octanol–water partition coefficient (Wildman–Crippen LogP) is 3.88. The van der Waals surface area contributed by atoms with E-state index in [4.69, 9.17) is 0 Å². The summed E-state index contributed by atoms with van der Waals surface area (Å²) < 4.78 is 28.5. The van der Waals surface area contributed by atoms with Gasteiger partial charge in [0.15, 0.2) is 11.5 Å². The molecule has 0 radical (unpaired) electrons. The molecule has 4 aromatic rings. The molecule has 0 atom stereocenters. The normalized spacial score (nSPS) is 11.0. The molecule has 0 saturated carbocycles. The Kier molecular flexibility index (Phi) is 5.62. The number of carbonyl (C=O) groups is 1. The first-order valence-electron chi connectivity index (χ1n) is 9.75. The van der Waals surface area contributed by atoms with E-state index in [1.165, 1.54) is 6.07 Å². The van der Waals surface area contributed by atoms with Gasteiger partial charge in [-0.2, -0.15) is 5.10 Å². The van der Waals surface area contributed by atoms with Crippen molar-refractivity contribution in [2.45, 2.75) is 20.0 Å². The number of amides is 1. The Morgan fingerprint density at radius 1 is 1.13 bits per heavy atom. The second-order valence-electron chi connectivity index (χ2n) is 7.33. The lowest BCUT2D eigenvalue weighted by Gasteiger charge is -2.19. The Balaban J connectivity index is 1.57. The molecule has 8 heteroatoms. The third-order valence-electron chi connectivity index (χ3n) is 4.87. The zero-order valence-corrected chi connectivity index (χ0v) is 17.1. The van der Waals surface area contributed by atoms with E-state index in [1.54, 1.807) is 16.8 Å². The number of rotatable bonds is 6. The van der Waals surface area contributed by atoms with Gasteiger partial charge >= 0.3 is 0 Å². The van der Waals surface area contributed by atoms with E-state index < -0.39 is 17.5 Å². The minimum atomic E-state index is -0.708. The number of hydrogen-bond acceptors (Lipinski definition) is 4. The highest BCUT2D eigenvalue weighted by Gasteiger charge is 2.17. The largest absolute Gasteiger partial charge is 0.354 e. The number of carbonyl (C=O) groups excluding carboxylic acids is 1. The Bertz CT molecular complexity index is 1240. The molecular weight excluding hydrogens is 400 g/mol. The first-order chi connectivity index (χ1) is 14.9. The maximum absolute atomic E-state index is 13.8. The summed E-state index contributed by atoms with van der Waals surface area (Å²) in [4.78, 5) is 19.2. The molecular formula is C23H21F2N5O. The first kappa shape index (κ1) is 20.5. The number of hydrogen-bond donors (Lipinski definition) is 1. The second kappa shape index (κ2) is 8.51. The van der Waals surface area contributed by atoms with E-state index in [0.717, 1.165) is 23.4 Å². The van der Waals surface area contributed by atoms with Crippen LogP contribution in [0.5, 0.6) is 0 Å². The molecule has 6 nitrogen and oxygen atoms in total. The third-order valence-corrected chi connectivity index (χ3v) is 4.87. The summed E-state index contributed by atoms with van der Waals surface area (Å²) in [5, 5.41) is 6.99. The maximum Gasteiger partial charge on any atom is 0.272 e. The van der Waals surface area contributed by atoms with E-state index >= 15 is 0 Å². The van der Waals surface area contributed by atoms with Crippen LogP contribution in [0.1, 0.15) is 27.3 Å². The number of anilines is 1. The minimum Gasteiger partial charge on any atom is -0.354 e. The highest BCUT2D eigenvalue weighted by Crippen LogP contribution is 2.22. The fourth-order valence-electron chi connectivity index (χ4n) is 3.35. The monoisotopic (exact) mass is 421 g/mol. The van der Waals surface area contributed by atoms with Crippen LogP contribution < -0.4 is 10.2 Å². The Morgan fingerprint density at radius 2 is 1.90 bits per heavy atom. The summed E-state index contributed by atoms with van der Waals surface area (Å²) in [5.74, 6) is -1.13. The molecule has 0 unspecified atom stereocenters. The smallest absolute Gasteiger partial charge is 0.272 e. The van der Waals surface area contributed by atoms with Crippen molar-refractivity contribution in [1.82, 2.24) is 19.9 Å². The molecule has 2 heterocycles. The first-order valence-corrected chi connectivity index (χ1v) is 9.75. The van der Waals surface area contributed by atoms with E-state index in [1.807, 2.05) is 49.2 Å². The molecule has 0 aliphatic heterocycles. The molecule has 2 aromatic carbocycles. The second-order valence-corrected chi connectivity index (χ2v) is 7.33. The summed E-state index contributed by atoms with van der Waals surface area (Å²) in [6.07, 6.45) is 1.74. The minimum absolute atomic E-state index is 0.0726. The van der Waals surface area contributed by atoms with Crippen molar-refractivity contribution in [2.24, 2.45) is 0 Å². The Labute approximate surface area is 178 Å². The zero-order valence-electron chi connectivity index (χ0n) is 17.1. The van der Waals surface area contributed by atoms with Gasteiger partial charge < -0.3 is 10.2 Å². The molecule has 0 fully saturated rings. The van der Waals surface area contributed by atoms with Gasteiger partial charge in [-0.25, -0.2) is 18.3 Å². The van der Waals surface area contributed by atoms with Crippen LogP contribution in [0.25, 0.3) is 5.52 Å². The van der Waals surface area contributed by atoms with Crippen LogP contribution >= 0.6 is 0 Å². The van der Waals surface area contributed by atoms with Crippen LogP contribution in [0.15, 0.2) is 60.8 Å². The van der Waals surface area contributed by atoms with Crippen LogP contribution in [-0.2, 0) is 13.1 Å². The van der Waals surface area contributed by atoms with E-state index in [-0.39, 0.29) is 17.8 Å². The van der Waals surface area contributed by atoms with Crippen molar-refractivity contribution in [3.8, 4) is 0 Å². The summed E-state index contributed by atoms with van der Waals surface area (Å²) in [6.45, 7) is 2.43. The van der Waals surface area contributed by atoms with Crippen LogP contribution in [0, 0.1) is 18.6 Å². The van der Waals surface area contributed by atoms with Crippen LogP contribution in [0.2, 0.25) is 0 Å². The van der Waals surface area contributed by atoms with Crippen molar-refractivity contribution in [3.05, 3.63) is 94.9 Å². The highest BCUT2D eigenvalue weighted by atomic mass is 19.1. The molecule has 0 spiro atoms. The average molecular weight is 421 g/mol. The molecule has 0 aliphatic rings. The average Bonchev–Trinajstić information content (AvgIpc) is 3.17. The number of nitrogens with zero attached hydrogens (tertiary/aromatic N) is 4. The molecule has 1 amide bonds. The molecule has 0 bridgehead atoms. The maximum atomic E-state index is 13.8. The van der Waals surface area contributed by atoms with Gasteiger partial charge in [0.2, 0.25) is 0 Å². The quantitative estimate of drug-likeness (QED) is 0.513. The molecule has 31 heavy (non-hydrogen) atoms. The van der Waals surface area contributed by atoms with Gasteiger partial charge in [-0.15, -0.1) is 0 Å². The van der Waals surface area contributed by atoms with E-state index in [2.05, 4.69) is 15.4 Å². The molecule has 1 N–H and O–H groups in total. The lowest BCUT2D eigenvalue weighted by Crippen LogP contribution is -2.23. The number of nitrogens with one attached hydrogen (secondary N) is 1. The molecule has 0 saturated heterocycles. The fraction of sp³-hybridized carbons (Fsp3) is 0.174. The summed E-state index contributed by atoms with van der Waals surface area (Å²) in [7, 11) is 1.93. The van der Waals surface area contributed by atoms with Gasteiger partial charge in [-0.05, 0) is 18.6 Å². The van der Waals surface area contributed by atoms with Crippen LogP contribution in [-0.4, -0.2) is 27.6 Å². The highest BCUT2D eigenvalue weighted by molar-refractivity contribution is 5.94. The molecule has 2 aromatic heterocycles. The number of halogens is 2. The molecule has 0 aliphatic carbocycles. The topological polar surface area (TPSA) is 62.5 Å². The number of aryl methyl sites for hydroxylation is 1. The van der Waals surface area contributed by atoms with E-state index in [0.29, 0.717) is 17.9 Å². The zero-order chi connectivity index (χ0) is 22.0. The van der Waals surface area contributed by atoms with Crippen molar-refractivity contribution in [3.63, 3.8) is 0 Å². The number of aromatic nitrogens is 3. The predicted molar refractivity (Wildman–Crippen MR) is 114 cm³/mol. The summed E-state index contributed by atoms with van der Waals surface area (Å²) >= 11 is 0. The standard InChI is InChI=1S/C23H21F2N5O/c1-15-13-30-21(22(27-15)29(2)14-16-6-4-3-5-7-16)11-20(28-30)23(31)26-12-17-8-9-18(24)10-19(17)25/h3-11,13H,12,14H2,1-2H3,(H,26,31). The van der Waals surface area contributed by atoms with Crippen LogP contribution in [0.3, 0.4) is 0 Å². The van der Waals surface area contributed by atoms with Crippen molar-refractivity contribution in [1.29, 1.82) is 0 Å². The summed E-state index contributed by atoms with van der Waals surface area (Å²) in [6, 6.07) is 14.9. The van der Waals surface area contributed by atoms with Crippen LogP contribution in [0.4, 0.5) is 14.6 Å². The van der Waals surface area contributed by atoms with Gasteiger partial charge in [0, 0.05) is 37.8 Å². The third kappa shape index (κ3) is 4.53. The Hall–Kier alpha value is -3.81. The van der Waals surface area contributed by atoms with Gasteiger partial charge in [-0.1, -0.05) is 36.4 Å². The van der Waals surface area contributed by atoms with Crippen molar-refractivity contribution in [2.75, 3.05) is 11.9 Å². The number of fused-ring (bicyclic) bond motifs is 1. The lowest BCUT2D eigenvalue weighted by molar-refractivity contribution is 0.0945. The van der Waals surface area contributed by atoms with Gasteiger partial charge in [0.1, 0.15) is 17.2 Å². The fourth-order valence-corrected chi connectivity index (χ4v) is 3.35. The SMILES string of the molecule is Cc1cn2nc(C(=O)NCc3ccc(F)cc3F)cc2c(N(C)Cc2ccccc2)n1. The Morgan fingerprint density at radius 3 is 2.65 bits per heavy atom. The lowest BCUT2D eigenvalue weighted by atomic mass is 10.2. The number of benzene rings is 2. The van der Waals surface area contributed by atoms with Gasteiger partial charge in [0.05, 0.1) is 11.9 Å². The van der Waals surface area contributed by atoms with E-state index in [9.17, 15) is 13.6 Å². The van der Waals surface area contributed by atoms with Gasteiger partial charge in [-0.3, -0.25) is 4.79 Å². The van der Waals surface area contributed by atoms with Crippen molar-refractivity contribution >= 4 is 17.2 Å². The van der Waals surface area contributed by atoms with Gasteiger partial charge in [0.25, 0.3) is 5.91 Å². The molecule has 4 rings (SSSR count). The summed E-state index contributed by atoms with van der Waals surface area (Å²) in [5.41, 5.74) is 2.95. The van der Waals surface area contributed by atoms with Crippen molar-refractivity contribution < 1.29 is 13.6 Å². The molecule has 158 valence electrons.